The SMILES string of the molecule is CC(=CCCCCCCCC(C)C)C(=O)O.CCCCCCC(CC)=C(C)C(=O)O.CCCCCCC=C(C)C(=O)O.CCCCCCCC=C(C)C(=O)O.CCCCCCCCCCC=C(C)C(=O)O. The van der Waals surface area contributed by atoms with E-state index in [0.29, 0.717) is 27.9 Å². The summed E-state index contributed by atoms with van der Waals surface area (Å²) in [6, 6.07) is 0. The molecule has 0 amide bonds. The summed E-state index contributed by atoms with van der Waals surface area (Å²) in [6.45, 7) is 23.6. The molecule has 71 heavy (non-hydrogen) atoms. The van der Waals surface area contributed by atoms with E-state index in [4.69, 9.17) is 25.5 Å². The van der Waals surface area contributed by atoms with Gasteiger partial charge in [0, 0.05) is 27.9 Å². The highest BCUT2D eigenvalue weighted by atomic mass is 16.4. The van der Waals surface area contributed by atoms with Crippen LogP contribution in [0, 0.1) is 5.92 Å². The Morgan fingerprint density at radius 3 is 0.817 bits per heavy atom. The van der Waals surface area contributed by atoms with Crippen LogP contribution < -0.4 is 0 Å². The Labute approximate surface area is 436 Å². The molecule has 0 fully saturated rings. The van der Waals surface area contributed by atoms with Crippen LogP contribution in [0.15, 0.2) is 57.7 Å². The number of carboxylic acid groups (broad SMARTS) is 5. The van der Waals surface area contributed by atoms with Gasteiger partial charge in [0.25, 0.3) is 0 Å². The molecule has 416 valence electrons. The van der Waals surface area contributed by atoms with Crippen molar-refractivity contribution in [3.8, 4) is 0 Å². The molecule has 0 aromatic heterocycles. The second kappa shape index (κ2) is 58.6. The molecule has 0 aliphatic carbocycles. The van der Waals surface area contributed by atoms with Gasteiger partial charge >= 0.3 is 29.8 Å². The average Bonchev–Trinajstić information content (AvgIpc) is 3.32. The standard InChI is InChI=1S/2C14H26O2.C12H22O2.C11H20O2.C10H18O2/c1-12(2)10-8-6-4-5-7-9-11-13(3)14(15)16;1-3-4-5-6-7-8-9-10-11-12-13(2)14(15)16;1-4-6-7-8-9-11(5-2)10(3)12(13)14;1-3-4-5-6-7-8-9-10(2)11(12)13;1-3-4-5-6-7-8-9(2)10(11)12/h11-12H,4-10H2,1-3H3,(H,15,16);12H,3-11H2,1-2H3,(H,15,16);4-9H2,1-3H3,(H,13,14);9H,3-8H2,1-2H3,(H,12,13);8H,3-7H2,1-2H3,(H,11,12). The van der Waals surface area contributed by atoms with Crippen LogP contribution in [0.1, 0.15) is 295 Å². The summed E-state index contributed by atoms with van der Waals surface area (Å²) >= 11 is 0. The molecule has 0 aliphatic rings. The zero-order valence-corrected chi connectivity index (χ0v) is 48.0. The lowest BCUT2D eigenvalue weighted by molar-refractivity contribution is -0.133. The second-order valence-corrected chi connectivity index (χ2v) is 19.5. The normalized spacial score (nSPS) is 12.0. The lowest BCUT2D eigenvalue weighted by Crippen LogP contribution is -2.01. The highest BCUT2D eigenvalue weighted by Gasteiger charge is 2.07. The fourth-order valence-electron chi connectivity index (χ4n) is 6.99. The van der Waals surface area contributed by atoms with Crippen molar-refractivity contribution in [2.75, 3.05) is 0 Å². The molecular formula is C61H112O10. The first kappa shape index (κ1) is 76.0. The predicted octanol–water partition coefficient (Wildman–Crippen LogP) is 19.1. The third-order valence-corrected chi connectivity index (χ3v) is 12.2. The van der Waals surface area contributed by atoms with E-state index in [1.54, 1.807) is 40.7 Å². The number of carboxylic acids is 5. The summed E-state index contributed by atoms with van der Waals surface area (Å²) in [6.07, 6.45) is 46.5. The van der Waals surface area contributed by atoms with E-state index in [2.05, 4.69) is 41.5 Å². The van der Waals surface area contributed by atoms with E-state index in [1.165, 1.54) is 141 Å². The minimum Gasteiger partial charge on any atom is -0.478 e. The van der Waals surface area contributed by atoms with Gasteiger partial charge in [-0.1, -0.05) is 220 Å². The number of hydrogen-bond donors (Lipinski definition) is 5. The largest absolute Gasteiger partial charge is 0.478 e. The predicted molar refractivity (Wildman–Crippen MR) is 301 cm³/mol. The third-order valence-electron chi connectivity index (χ3n) is 12.2. The molecule has 0 radical (unpaired) electrons. The maximum Gasteiger partial charge on any atom is 0.331 e. The fourth-order valence-corrected chi connectivity index (χ4v) is 6.99. The molecule has 0 aromatic rings. The van der Waals surface area contributed by atoms with E-state index in [1.807, 2.05) is 25.2 Å². The Morgan fingerprint density at radius 2 is 0.577 bits per heavy atom. The van der Waals surface area contributed by atoms with Crippen LogP contribution in [-0.4, -0.2) is 55.4 Å². The van der Waals surface area contributed by atoms with Crippen LogP contribution >= 0.6 is 0 Å². The number of aliphatic carboxylic acids is 5. The first-order chi connectivity index (χ1) is 33.7. The maximum absolute atomic E-state index is 10.7. The number of carbonyl (C=O) groups is 5. The van der Waals surface area contributed by atoms with Crippen LogP contribution in [0.25, 0.3) is 0 Å². The Bertz CT molecular complexity index is 1460. The molecule has 0 aliphatic heterocycles. The molecule has 5 N–H and O–H groups in total. The van der Waals surface area contributed by atoms with Gasteiger partial charge in [-0.25, -0.2) is 24.0 Å². The molecule has 0 bridgehead atoms. The lowest BCUT2D eigenvalue weighted by Gasteiger charge is -2.06. The highest BCUT2D eigenvalue weighted by molar-refractivity contribution is 5.87. The van der Waals surface area contributed by atoms with E-state index >= 15 is 0 Å². The molecule has 0 aromatic carbocycles. The summed E-state index contributed by atoms with van der Waals surface area (Å²) in [7, 11) is 0. The van der Waals surface area contributed by atoms with Crippen LogP contribution in [0.2, 0.25) is 0 Å². The van der Waals surface area contributed by atoms with Crippen molar-refractivity contribution in [2.45, 2.75) is 295 Å². The Hall–Kier alpha value is -3.95. The highest BCUT2D eigenvalue weighted by Crippen LogP contribution is 2.18. The zero-order valence-electron chi connectivity index (χ0n) is 48.0. The molecule has 0 saturated heterocycles. The van der Waals surface area contributed by atoms with Gasteiger partial charge in [-0.2, -0.15) is 0 Å². The first-order valence-corrected chi connectivity index (χ1v) is 28.2. The first-order valence-electron chi connectivity index (χ1n) is 28.2. The molecular weight excluding hydrogens is 893 g/mol. The molecule has 0 atom stereocenters. The molecule has 10 nitrogen and oxygen atoms in total. The summed E-state index contributed by atoms with van der Waals surface area (Å²) < 4.78 is 0. The summed E-state index contributed by atoms with van der Waals surface area (Å²) in [5.74, 6) is -3.13. The summed E-state index contributed by atoms with van der Waals surface area (Å²) in [5, 5.41) is 43.2. The molecule has 0 heterocycles. The number of allylic oxidation sites excluding steroid dienone is 5. The number of unbranched alkanes of at least 4 members (excludes halogenated alkanes) is 25. The molecule has 0 unspecified atom stereocenters. The van der Waals surface area contributed by atoms with Crippen molar-refractivity contribution in [1.29, 1.82) is 0 Å². The van der Waals surface area contributed by atoms with Gasteiger partial charge in [-0.3, -0.25) is 0 Å². The van der Waals surface area contributed by atoms with E-state index in [-0.39, 0.29) is 0 Å². The Balaban J connectivity index is -0.000000257. The molecule has 0 rings (SSSR count). The van der Waals surface area contributed by atoms with Gasteiger partial charge in [0.2, 0.25) is 0 Å². The number of hydrogen-bond acceptors (Lipinski definition) is 5. The minimum absolute atomic E-state index is 0.464. The summed E-state index contributed by atoms with van der Waals surface area (Å²) in [5.41, 5.74) is 3.53. The molecule has 10 heteroatoms. The fraction of sp³-hybridized carbons (Fsp3) is 0.754. The Kier molecular flexibility index (Phi) is 62.7. The Morgan fingerprint density at radius 1 is 0.338 bits per heavy atom. The van der Waals surface area contributed by atoms with Crippen LogP contribution in [0.5, 0.6) is 0 Å². The van der Waals surface area contributed by atoms with Gasteiger partial charge in [-0.05, 0) is 111 Å². The van der Waals surface area contributed by atoms with Crippen molar-refractivity contribution in [1.82, 2.24) is 0 Å². The van der Waals surface area contributed by atoms with Gasteiger partial charge < -0.3 is 25.5 Å². The zero-order chi connectivity index (χ0) is 55.1. The van der Waals surface area contributed by atoms with Crippen LogP contribution in [0.4, 0.5) is 0 Å². The van der Waals surface area contributed by atoms with Gasteiger partial charge in [-0.15, -0.1) is 0 Å². The van der Waals surface area contributed by atoms with Crippen molar-refractivity contribution < 1.29 is 49.5 Å². The monoisotopic (exact) mass is 1000 g/mol. The molecule has 0 spiro atoms. The third kappa shape index (κ3) is 64.0. The van der Waals surface area contributed by atoms with E-state index in [0.717, 1.165) is 82.1 Å². The average molecular weight is 1010 g/mol. The van der Waals surface area contributed by atoms with Crippen molar-refractivity contribution in [2.24, 2.45) is 5.92 Å². The minimum atomic E-state index is -0.800. The van der Waals surface area contributed by atoms with Crippen molar-refractivity contribution in [3.63, 3.8) is 0 Å². The van der Waals surface area contributed by atoms with Crippen LogP contribution in [0.3, 0.4) is 0 Å². The smallest absolute Gasteiger partial charge is 0.331 e. The summed E-state index contributed by atoms with van der Waals surface area (Å²) in [4.78, 5) is 52.5. The quantitative estimate of drug-likeness (QED) is 0.0293. The van der Waals surface area contributed by atoms with Gasteiger partial charge in [0.15, 0.2) is 0 Å². The second-order valence-electron chi connectivity index (χ2n) is 19.5. The van der Waals surface area contributed by atoms with Crippen LogP contribution in [-0.2, 0) is 24.0 Å². The topological polar surface area (TPSA) is 186 Å². The van der Waals surface area contributed by atoms with E-state index < -0.39 is 29.8 Å². The van der Waals surface area contributed by atoms with Crippen molar-refractivity contribution >= 4 is 29.8 Å². The van der Waals surface area contributed by atoms with Gasteiger partial charge in [0.1, 0.15) is 0 Å². The number of rotatable bonds is 39. The maximum atomic E-state index is 10.7. The molecule has 0 saturated carbocycles. The van der Waals surface area contributed by atoms with Crippen molar-refractivity contribution in [3.05, 3.63) is 57.7 Å². The van der Waals surface area contributed by atoms with E-state index in [9.17, 15) is 24.0 Å². The lowest BCUT2D eigenvalue weighted by atomic mass is 10.00. The van der Waals surface area contributed by atoms with Gasteiger partial charge in [0.05, 0.1) is 0 Å².